The number of hydrogen-bond acceptors (Lipinski definition) is 5. The molecule has 7 nitrogen and oxygen atoms in total. The van der Waals surface area contributed by atoms with Crippen LogP contribution in [0.3, 0.4) is 0 Å². The first-order chi connectivity index (χ1) is 13.2. The van der Waals surface area contributed by atoms with Crippen molar-refractivity contribution in [3.8, 4) is 11.5 Å². The highest BCUT2D eigenvalue weighted by atomic mass is 16.6. The third kappa shape index (κ3) is 6.50. The minimum Gasteiger partial charge on any atom is -0.493 e. The van der Waals surface area contributed by atoms with Crippen LogP contribution < -0.4 is 20.1 Å². The number of methoxy groups -OCH3 is 2. The molecule has 0 aromatic heterocycles. The van der Waals surface area contributed by atoms with Gasteiger partial charge in [-0.05, 0) is 50.6 Å². The van der Waals surface area contributed by atoms with Crippen LogP contribution >= 0.6 is 0 Å². The number of carbonyl (C=O) groups is 2. The summed E-state index contributed by atoms with van der Waals surface area (Å²) in [7, 11) is 3.09. The van der Waals surface area contributed by atoms with Gasteiger partial charge in [0.15, 0.2) is 11.5 Å². The highest BCUT2D eigenvalue weighted by molar-refractivity contribution is 5.92. The summed E-state index contributed by atoms with van der Waals surface area (Å²) in [5.41, 5.74) is 1.46. The van der Waals surface area contributed by atoms with Gasteiger partial charge >= 0.3 is 6.09 Å². The monoisotopic (exact) mass is 386 g/mol. The minimum atomic E-state index is -0.563. The third-order valence-electron chi connectivity index (χ3n) is 3.63. The molecular formula is C21H26N2O5. The molecule has 0 unspecified atom stereocenters. The number of nitrogens with one attached hydrogen (secondary N) is 2. The fourth-order valence-electron chi connectivity index (χ4n) is 2.43. The van der Waals surface area contributed by atoms with Gasteiger partial charge in [-0.25, -0.2) is 4.79 Å². The smallest absolute Gasteiger partial charge is 0.412 e. The van der Waals surface area contributed by atoms with E-state index in [4.69, 9.17) is 14.2 Å². The second-order valence-corrected chi connectivity index (χ2v) is 7.12. The molecule has 0 radical (unpaired) electrons. The molecule has 0 spiro atoms. The van der Waals surface area contributed by atoms with Crippen LogP contribution in [-0.4, -0.2) is 31.8 Å². The fraction of sp³-hybridized carbons (Fsp3) is 0.333. The summed E-state index contributed by atoms with van der Waals surface area (Å²) in [5, 5.41) is 5.48. The van der Waals surface area contributed by atoms with Gasteiger partial charge < -0.3 is 19.5 Å². The Morgan fingerprint density at radius 2 is 1.46 bits per heavy atom. The average molecular weight is 386 g/mol. The fourth-order valence-corrected chi connectivity index (χ4v) is 2.43. The Labute approximate surface area is 165 Å². The zero-order chi connectivity index (χ0) is 20.7. The van der Waals surface area contributed by atoms with Crippen molar-refractivity contribution >= 4 is 23.4 Å². The van der Waals surface area contributed by atoms with E-state index in [9.17, 15) is 9.59 Å². The van der Waals surface area contributed by atoms with Crippen LogP contribution in [0.25, 0.3) is 0 Å². The maximum atomic E-state index is 12.3. The second-order valence-electron chi connectivity index (χ2n) is 7.12. The molecule has 0 aliphatic rings. The van der Waals surface area contributed by atoms with Crippen LogP contribution in [0.15, 0.2) is 42.5 Å². The molecule has 2 rings (SSSR count). The number of anilines is 2. The van der Waals surface area contributed by atoms with Crippen LogP contribution in [0.1, 0.15) is 26.3 Å². The summed E-state index contributed by atoms with van der Waals surface area (Å²) in [6, 6.07) is 12.2. The first kappa shape index (κ1) is 21.1. The van der Waals surface area contributed by atoms with Crippen molar-refractivity contribution in [3.05, 3.63) is 48.0 Å². The Kier molecular flexibility index (Phi) is 6.87. The third-order valence-corrected chi connectivity index (χ3v) is 3.63. The molecule has 150 valence electrons. The molecule has 0 bridgehead atoms. The molecule has 0 saturated carbocycles. The molecule has 28 heavy (non-hydrogen) atoms. The maximum Gasteiger partial charge on any atom is 0.412 e. The minimum absolute atomic E-state index is 0.167. The van der Waals surface area contributed by atoms with Crippen molar-refractivity contribution < 1.29 is 23.8 Å². The predicted octanol–water partition coefficient (Wildman–Crippen LogP) is 4.23. The van der Waals surface area contributed by atoms with E-state index in [2.05, 4.69) is 10.6 Å². The molecule has 7 heteroatoms. The van der Waals surface area contributed by atoms with E-state index in [1.807, 2.05) is 0 Å². The number of amides is 2. The molecule has 0 aliphatic heterocycles. The van der Waals surface area contributed by atoms with E-state index in [1.54, 1.807) is 70.3 Å². The molecule has 0 atom stereocenters. The van der Waals surface area contributed by atoms with Gasteiger partial charge in [-0.1, -0.05) is 12.1 Å². The molecule has 2 aromatic carbocycles. The molecular weight excluding hydrogens is 360 g/mol. The Balaban J connectivity index is 1.93. The van der Waals surface area contributed by atoms with Crippen molar-refractivity contribution in [2.75, 3.05) is 24.9 Å². The normalized spacial score (nSPS) is 10.8. The molecule has 2 N–H and O–H groups in total. The second kappa shape index (κ2) is 9.12. The average Bonchev–Trinajstić information content (AvgIpc) is 2.61. The van der Waals surface area contributed by atoms with Crippen LogP contribution in [0.5, 0.6) is 11.5 Å². The van der Waals surface area contributed by atoms with E-state index in [1.165, 1.54) is 7.11 Å². The van der Waals surface area contributed by atoms with Gasteiger partial charge in [0.05, 0.1) is 20.6 Å². The Morgan fingerprint density at radius 1 is 0.857 bits per heavy atom. The van der Waals surface area contributed by atoms with E-state index < -0.39 is 11.7 Å². The summed E-state index contributed by atoms with van der Waals surface area (Å²) in [6.07, 6.45) is -0.326. The number of ether oxygens (including phenoxy) is 3. The molecule has 2 aromatic rings. The summed E-state index contributed by atoms with van der Waals surface area (Å²) < 4.78 is 15.6. The van der Waals surface area contributed by atoms with Crippen LogP contribution in [0, 0.1) is 0 Å². The molecule has 0 saturated heterocycles. The van der Waals surface area contributed by atoms with Crippen molar-refractivity contribution in [1.29, 1.82) is 0 Å². The highest BCUT2D eigenvalue weighted by Gasteiger charge is 2.16. The van der Waals surface area contributed by atoms with Gasteiger partial charge in [-0.2, -0.15) is 0 Å². The Morgan fingerprint density at radius 3 is 2.04 bits per heavy atom. The lowest BCUT2D eigenvalue weighted by atomic mass is 10.1. The summed E-state index contributed by atoms with van der Waals surface area (Å²) >= 11 is 0. The van der Waals surface area contributed by atoms with Crippen LogP contribution in [0.4, 0.5) is 16.2 Å². The van der Waals surface area contributed by atoms with Crippen molar-refractivity contribution in [3.63, 3.8) is 0 Å². The lowest BCUT2D eigenvalue weighted by Crippen LogP contribution is -2.27. The van der Waals surface area contributed by atoms with Crippen LogP contribution in [0.2, 0.25) is 0 Å². The topological polar surface area (TPSA) is 85.9 Å². The number of rotatable bonds is 6. The number of benzene rings is 2. The van der Waals surface area contributed by atoms with E-state index in [-0.39, 0.29) is 12.3 Å². The predicted molar refractivity (Wildman–Crippen MR) is 108 cm³/mol. The number of hydrogen-bond donors (Lipinski definition) is 2. The first-order valence-corrected chi connectivity index (χ1v) is 8.81. The molecule has 0 fully saturated rings. The summed E-state index contributed by atoms with van der Waals surface area (Å²) in [4.78, 5) is 24.1. The zero-order valence-corrected chi connectivity index (χ0v) is 16.8. The lowest BCUT2D eigenvalue weighted by molar-refractivity contribution is -0.115. The van der Waals surface area contributed by atoms with Gasteiger partial charge in [0.2, 0.25) is 5.91 Å². The van der Waals surface area contributed by atoms with Gasteiger partial charge in [0.1, 0.15) is 5.60 Å². The van der Waals surface area contributed by atoms with Gasteiger partial charge in [-0.3, -0.25) is 10.1 Å². The Hall–Kier alpha value is -3.22. The standard InChI is InChI=1S/C21H26N2O5/c1-21(2,3)28-20(25)23-15-8-6-14(7-9-15)12-19(24)22-16-10-11-17(26-4)18(13-16)27-5/h6-11,13H,12H2,1-5H3,(H,22,24)(H,23,25). The molecule has 2 amide bonds. The quantitative estimate of drug-likeness (QED) is 0.776. The van der Waals surface area contributed by atoms with Crippen LogP contribution in [-0.2, 0) is 16.0 Å². The van der Waals surface area contributed by atoms with Crippen molar-refractivity contribution in [1.82, 2.24) is 0 Å². The lowest BCUT2D eigenvalue weighted by Gasteiger charge is -2.19. The Bertz CT molecular complexity index is 826. The van der Waals surface area contributed by atoms with Gasteiger partial charge in [-0.15, -0.1) is 0 Å². The van der Waals surface area contributed by atoms with Gasteiger partial charge in [0.25, 0.3) is 0 Å². The largest absolute Gasteiger partial charge is 0.493 e. The highest BCUT2D eigenvalue weighted by Crippen LogP contribution is 2.29. The number of carbonyl (C=O) groups excluding carboxylic acids is 2. The van der Waals surface area contributed by atoms with Gasteiger partial charge in [0, 0.05) is 17.4 Å². The summed E-state index contributed by atoms with van der Waals surface area (Å²) in [6.45, 7) is 5.39. The molecule has 0 aliphatic carbocycles. The van der Waals surface area contributed by atoms with Crippen molar-refractivity contribution in [2.45, 2.75) is 32.8 Å². The van der Waals surface area contributed by atoms with Crippen molar-refractivity contribution in [2.24, 2.45) is 0 Å². The SMILES string of the molecule is COc1ccc(NC(=O)Cc2ccc(NC(=O)OC(C)(C)C)cc2)cc1OC. The van der Waals surface area contributed by atoms with E-state index in [0.29, 0.717) is 22.9 Å². The molecule has 0 heterocycles. The maximum absolute atomic E-state index is 12.3. The zero-order valence-electron chi connectivity index (χ0n) is 16.8. The van der Waals surface area contributed by atoms with E-state index in [0.717, 1.165) is 5.56 Å². The van der Waals surface area contributed by atoms with E-state index >= 15 is 0 Å². The first-order valence-electron chi connectivity index (χ1n) is 8.81. The summed E-state index contributed by atoms with van der Waals surface area (Å²) in [5.74, 6) is 0.964.